The Morgan fingerprint density at radius 1 is 0.771 bits per heavy atom. The van der Waals surface area contributed by atoms with E-state index in [2.05, 4.69) is 27.7 Å². The number of amides is 2. The molecule has 2 aliphatic rings. The van der Waals surface area contributed by atoms with Gasteiger partial charge in [0.1, 0.15) is 12.0 Å². The summed E-state index contributed by atoms with van der Waals surface area (Å²) >= 11 is 0. The molecule has 1 fully saturated rings. The molecule has 5 nitrogen and oxygen atoms in total. The van der Waals surface area contributed by atoms with E-state index >= 15 is 0 Å². The molecule has 1 atom stereocenters. The smallest absolute Gasteiger partial charge is 0.346 e. The first-order valence-electron chi connectivity index (χ1n) is 16.5. The van der Waals surface area contributed by atoms with Crippen molar-refractivity contribution >= 4 is 29.9 Å². The minimum Gasteiger partial charge on any atom is -0.346 e. The van der Waals surface area contributed by atoms with Gasteiger partial charge in [-0.3, -0.25) is 14.5 Å². The van der Waals surface area contributed by atoms with Gasteiger partial charge in [0.25, 0.3) is 0 Å². The van der Waals surface area contributed by atoms with Crippen LogP contribution in [0.5, 0.6) is 0 Å². The topological polar surface area (TPSA) is 61.4 Å². The van der Waals surface area contributed by atoms with Crippen LogP contribution in [0.4, 0.5) is 18.9 Å². The van der Waals surface area contributed by atoms with Crippen LogP contribution in [0.3, 0.4) is 0 Å². The molecule has 2 N–H and O–H groups in total. The molecule has 1 aliphatic carbocycles. The highest BCUT2D eigenvalue weighted by atomic mass is 35.5. The maximum Gasteiger partial charge on any atom is 0.405 e. The zero-order valence-electron chi connectivity index (χ0n) is 26.8. The van der Waals surface area contributed by atoms with E-state index in [4.69, 9.17) is 0 Å². The largest absolute Gasteiger partial charge is 0.405 e. The number of likely N-dealkylation sites (tertiary alicyclic amines) is 1. The minimum atomic E-state index is -4.50. The number of piperidine rings is 1. The Kier molecular flexibility index (Phi) is 11.3. The summed E-state index contributed by atoms with van der Waals surface area (Å²) in [5.74, 6) is -0.604. The Balaban J connectivity index is 0.00000451. The van der Waals surface area contributed by atoms with Gasteiger partial charge in [-0.1, -0.05) is 104 Å². The molecular weight excluding hydrogens is 635 g/mol. The predicted octanol–water partition coefficient (Wildman–Crippen LogP) is 8.46. The van der Waals surface area contributed by atoms with Gasteiger partial charge in [-0.05, 0) is 84.2 Å². The Hall–Kier alpha value is -4.14. The van der Waals surface area contributed by atoms with Crippen LogP contribution >= 0.6 is 12.4 Å². The van der Waals surface area contributed by atoms with Gasteiger partial charge in [0, 0.05) is 12.2 Å². The monoisotopic (exact) mass is 675 g/mol. The average molecular weight is 676 g/mol. The molecule has 1 heterocycles. The number of carbonyl (C=O) groups is 2. The normalized spacial score (nSPS) is 16.7. The Bertz CT molecular complexity index is 1650. The molecular formula is C39H41ClF3N3O2. The predicted molar refractivity (Wildman–Crippen MR) is 186 cm³/mol. The van der Waals surface area contributed by atoms with E-state index in [-0.39, 0.29) is 24.4 Å². The van der Waals surface area contributed by atoms with Crippen LogP contribution in [0, 0.1) is 0 Å². The van der Waals surface area contributed by atoms with Crippen LogP contribution < -0.4 is 10.6 Å². The van der Waals surface area contributed by atoms with Crippen LogP contribution in [0.2, 0.25) is 0 Å². The van der Waals surface area contributed by atoms with Crippen molar-refractivity contribution in [3.05, 3.63) is 125 Å². The summed E-state index contributed by atoms with van der Waals surface area (Å²) in [7, 11) is 0. The second kappa shape index (κ2) is 15.4. The number of hydrogen-bond acceptors (Lipinski definition) is 3. The van der Waals surface area contributed by atoms with Crippen molar-refractivity contribution < 1.29 is 22.8 Å². The van der Waals surface area contributed by atoms with E-state index in [0.717, 1.165) is 78.7 Å². The first-order chi connectivity index (χ1) is 22.7. The number of hydrogen-bond donors (Lipinski definition) is 2. The molecule has 252 valence electrons. The lowest BCUT2D eigenvalue weighted by Crippen LogP contribution is -2.47. The van der Waals surface area contributed by atoms with Gasteiger partial charge in [0.05, 0.1) is 6.04 Å². The number of aryl methyl sites for hydroxylation is 1. The van der Waals surface area contributed by atoms with E-state index in [9.17, 15) is 22.8 Å². The lowest BCUT2D eigenvalue weighted by molar-refractivity contribution is -0.141. The van der Waals surface area contributed by atoms with Crippen molar-refractivity contribution in [3.8, 4) is 11.1 Å². The summed E-state index contributed by atoms with van der Waals surface area (Å²) in [6.45, 7) is 0.279. The van der Waals surface area contributed by atoms with Crippen molar-refractivity contribution in [1.82, 2.24) is 10.2 Å². The zero-order valence-corrected chi connectivity index (χ0v) is 27.6. The van der Waals surface area contributed by atoms with E-state index in [0.29, 0.717) is 12.8 Å². The molecule has 6 rings (SSSR count). The van der Waals surface area contributed by atoms with Crippen LogP contribution in [0.25, 0.3) is 11.1 Å². The van der Waals surface area contributed by atoms with Crippen molar-refractivity contribution in [3.63, 3.8) is 0 Å². The molecule has 2 amide bonds. The summed E-state index contributed by atoms with van der Waals surface area (Å²) in [5.41, 5.74) is 5.13. The molecule has 0 aromatic heterocycles. The number of benzene rings is 4. The van der Waals surface area contributed by atoms with Crippen molar-refractivity contribution in [2.24, 2.45) is 0 Å². The number of nitrogens with one attached hydrogen (secondary N) is 2. The second-order valence-corrected chi connectivity index (χ2v) is 12.7. The first-order valence-corrected chi connectivity index (χ1v) is 16.5. The maximum absolute atomic E-state index is 13.7. The van der Waals surface area contributed by atoms with Crippen LogP contribution in [-0.2, 0) is 28.0 Å². The van der Waals surface area contributed by atoms with Gasteiger partial charge >= 0.3 is 6.18 Å². The van der Waals surface area contributed by atoms with E-state index in [1.807, 2.05) is 91.0 Å². The van der Waals surface area contributed by atoms with Gasteiger partial charge in [-0.2, -0.15) is 13.2 Å². The fourth-order valence-electron chi connectivity index (χ4n) is 7.28. The summed E-state index contributed by atoms with van der Waals surface area (Å²) in [5, 5.41) is 5.32. The quantitative estimate of drug-likeness (QED) is 0.157. The zero-order chi connectivity index (χ0) is 32.9. The molecule has 0 radical (unpaired) electrons. The molecule has 4 aromatic carbocycles. The Morgan fingerprint density at radius 2 is 1.40 bits per heavy atom. The summed E-state index contributed by atoms with van der Waals surface area (Å²) < 4.78 is 39.5. The molecule has 1 aliphatic heterocycles. The summed E-state index contributed by atoms with van der Waals surface area (Å²) in [4.78, 5) is 29.3. The highest BCUT2D eigenvalue weighted by molar-refractivity contribution is 6.00. The standard InChI is InChI=1S/C39H40F3N3O2.ClH/c40-39(41,42)27-43-37(47)38(33-17-6-4-15-31(33)32-16-5-7-18-34(32)38)24-10-8-12-28-20-22-30(23-21-28)44-36(46)35-19-9-11-25-45(35)26-29-13-2-1-3-14-29;/h1-7,13-18,20-23,35H,8-12,19,24-27H2,(H,43,47)(H,44,46);1H. The van der Waals surface area contributed by atoms with Gasteiger partial charge in [0.15, 0.2) is 0 Å². The van der Waals surface area contributed by atoms with Crippen molar-refractivity contribution in [2.75, 3.05) is 18.4 Å². The van der Waals surface area contributed by atoms with Crippen LogP contribution in [0.15, 0.2) is 103 Å². The van der Waals surface area contributed by atoms with E-state index in [1.54, 1.807) is 0 Å². The summed E-state index contributed by atoms with van der Waals surface area (Å²) in [6, 6.07) is 33.0. The molecule has 1 saturated heterocycles. The maximum atomic E-state index is 13.7. The minimum absolute atomic E-state index is 0. The molecule has 48 heavy (non-hydrogen) atoms. The van der Waals surface area contributed by atoms with Crippen molar-refractivity contribution in [1.29, 1.82) is 0 Å². The fraction of sp³-hybridized carbons (Fsp3) is 0.333. The lowest BCUT2D eigenvalue weighted by atomic mass is 9.73. The number of nitrogens with zero attached hydrogens (tertiary/aromatic N) is 1. The van der Waals surface area contributed by atoms with Crippen LogP contribution in [-0.4, -0.2) is 42.0 Å². The third-order valence-corrected chi connectivity index (χ3v) is 9.53. The van der Waals surface area contributed by atoms with Crippen molar-refractivity contribution in [2.45, 2.75) is 69.1 Å². The van der Waals surface area contributed by atoms with Gasteiger partial charge in [-0.15, -0.1) is 12.4 Å². The third kappa shape index (κ3) is 7.77. The lowest BCUT2D eigenvalue weighted by Gasteiger charge is -2.34. The first kappa shape index (κ1) is 35.2. The highest BCUT2D eigenvalue weighted by Gasteiger charge is 2.49. The molecule has 9 heteroatoms. The number of rotatable bonds is 11. The van der Waals surface area contributed by atoms with E-state index in [1.165, 1.54) is 5.56 Å². The third-order valence-electron chi connectivity index (χ3n) is 9.53. The Labute approximate surface area is 286 Å². The fourth-order valence-corrected chi connectivity index (χ4v) is 7.28. The number of fused-ring (bicyclic) bond motifs is 3. The Morgan fingerprint density at radius 3 is 2.04 bits per heavy atom. The average Bonchev–Trinajstić information content (AvgIpc) is 3.37. The van der Waals surface area contributed by atoms with Crippen LogP contribution in [0.1, 0.15) is 60.8 Å². The molecule has 0 saturated carbocycles. The molecule has 0 spiro atoms. The number of alkyl halides is 3. The number of unbranched alkanes of at least 4 members (excludes halogenated alkanes) is 1. The summed E-state index contributed by atoms with van der Waals surface area (Å²) in [6.07, 6.45) is 0.972. The SMILES string of the molecule is Cl.O=C(Nc1ccc(CCCCC2(C(=O)NCC(F)(F)F)c3ccccc3-c3ccccc32)cc1)C1CCCCN1Cc1ccccc1. The molecule has 4 aromatic rings. The number of carbonyl (C=O) groups excluding carboxylic acids is 2. The van der Waals surface area contributed by atoms with Gasteiger partial charge in [0.2, 0.25) is 11.8 Å². The molecule has 0 bridgehead atoms. The number of anilines is 1. The number of halogens is 4. The van der Waals surface area contributed by atoms with Gasteiger partial charge < -0.3 is 10.6 Å². The second-order valence-electron chi connectivity index (χ2n) is 12.7. The highest BCUT2D eigenvalue weighted by Crippen LogP contribution is 2.51. The van der Waals surface area contributed by atoms with E-state index < -0.39 is 24.0 Å². The van der Waals surface area contributed by atoms with Gasteiger partial charge in [-0.25, -0.2) is 0 Å². The molecule has 1 unspecified atom stereocenters.